The van der Waals surface area contributed by atoms with Crippen molar-refractivity contribution in [2.24, 2.45) is 17.3 Å². The lowest BCUT2D eigenvalue weighted by Crippen LogP contribution is -2.62. The number of nitrogens with one attached hydrogen (secondary N) is 5. The number of aromatic hydroxyl groups is 2. The Hall–Kier alpha value is -6.42. The smallest absolute Gasteiger partial charge is 0.161 e. The van der Waals surface area contributed by atoms with Crippen LogP contribution in [0.1, 0.15) is 154 Å². The number of phenolic OH excluding ortho intramolecular Hbond substituents is 2. The van der Waals surface area contributed by atoms with E-state index in [0.29, 0.717) is 68.2 Å². The van der Waals surface area contributed by atoms with Crippen LogP contribution in [0.2, 0.25) is 0 Å². The first-order valence-corrected chi connectivity index (χ1v) is 33.4. The molecule has 90 heavy (non-hydrogen) atoms. The normalized spacial score (nSPS) is 27.1. The van der Waals surface area contributed by atoms with Gasteiger partial charge in [0.1, 0.15) is 41.1 Å². The predicted molar refractivity (Wildman–Crippen MR) is 351 cm³/mol. The van der Waals surface area contributed by atoms with E-state index in [4.69, 9.17) is 23.7 Å². The highest BCUT2D eigenvalue weighted by Crippen LogP contribution is 2.62. The SMILES string of the molecule is COC[C@@H]1CCC[C@@]12CCC[C@@H](NCO[C@]13Cc4c5c(c6c(c4O[C@@H]1c1ccc(O)c(c1)O[C@H](CO)CC#C[C@@H]3NCNC[C@@](C)(O)CC(C)C)CC[C@@H](CO)O6)-c1ccc(O)c3c1[C@H](C5)[C@@H](c1ccc4[nH]ccc4c1)C(CNCCCc1ccccc1)=C3)C2. The minimum atomic E-state index is -1.31. The third kappa shape index (κ3) is 12.4. The number of aliphatic hydroxyl groups excluding tert-OH is 2. The minimum absolute atomic E-state index is 0.0708. The number of ether oxygens (including phenoxy) is 5. The van der Waals surface area contributed by atoms with Crippen molar-refractivity contribution >= 4 is 17.0 Å². The molecular formula is C75H93N5O10. The van der Waals surface area contributed by atoms with Crippen molar-refractivity contribution in [3.05, 3.63) is 141 Å². The van der Waals surface area contributed by atoms with Gasteiger partial charge in [0, 0.05) is 92.2 Å². The molecule has 0 unspecified atom stereocenters. The monoisotopic (exact) mass is 1220 g/mol. The summed E-state index contributed by atoms with van der Waals surface area (Å²) in [5.41, 5.74) is 10.1. The summed E-state index contributed by atoms with van der Waals surface area (Å²) in [7, 11) is 1.83. The van der Waals surface area contributed by atoms with E-state index in [1.54, 1.807) is 6.07 Å². The third-order valence-electron chi connectivity index (χ3n) is 21.1. The van der Waals surface area contributed by atoms with Crippen molar-refractivity contribution in [1.29, 1.82) is 0 Å². The number of aromatic amines is 1. The van der Waals surface area contributed by atoms with Crippen LogP contribution < -0.4 is 35.5 Å². The summed E-state index contributed by atoms with van der Waals surface area (Å²) in [6.45, 7) is 8.60. The molecule has 1 aromatic heterocycles. The second kappa shape index (κ2) is 26.7. The van der Waals surface area contributed by atoms with Gasteiger partial charge in [-0.1, -0.05) is 87.1 Å². The number of phenols is 2. The van der Waals surface area contributed by atoms with E-state index < -0.39 is 35.6 Å². The van der Waals surface area contributed by atoms with Gasteiger partial charge in [0.05, 0.1) is 25.5 Å². The second-order valence-electron chi connectivity index (χ2n) is 27.8. The van der Waals surface area contributed by atoms with Crippen molar-refractivity contribution in [1.82, 2.24) is 26.3 Å². The van der Waals surface area contributed by atoms with Gasteiger partial charge >= 0.3 is 0 Å². The minimum Gasteiger partial charge on any atom is -0.507 e. The molecule has 13 rings (SSSR count). The number of rotatable bonds is 22. The summed E-state index contributed by atoms with van der Waals surface area (Å²) in [5.74, 6) is 9.44. The largest absolute Gasteiger partial charge is 0.507 e. The standard InChI is InChI=1S/C75H93N5O10/c1-46(2)36-73(3,85)43-77-44-79-66-18-8-17-54(40-81)88-65-34-50(20-25-64(65)84)72-75(66,87-45-80-53-16-10-29-74(37-53)28-9-15-52(74)42-86-4)38-61-58-35-60-67(49-19-24-62-48(32-49)27-31-78-62)51(39-76-30-11-14-47-12-6-5-7-13-47)33-59-63(83)26-23-56(68(59)60)69(58)71-57(70(61)90-72)22-21-55(41-82)89-71/h5-7,12-13,19-20,23-27,31-34,46,52-55,60,66-67,72,76-85H,9-11,14-17,21-22,28-30,35-45H2,1-4H3/t52-,53+,54-,55-,60+,66-,67-,72+,73-,74-,75-/m0/s1. The zero-order chi connectivity index (χ0) is 62.2. The van der Waals surface area contributed by atoms with Crippen LogP contribution in [0.25, 0.3) is 28.1 Å². The average molecular weight is 1220 g/mol. The molecule has 7 aliphatic rings. The fraction of sp³-hybridized carbons (Fsp3) is 0.520. The zero-order valence-electron chi connectivity index (χ0n) is 53.0. The lowest BCUT2D eigenvalue weighted by Gasteiger charge is -2.50. The molecule has 15 heteroatoms. The highest BCUT2D eigenvalue weighted by Gasteiger charge is 2.56. The number of H-pyrrole nitrogens is 1. The number of fused-ring (bicyclic) bond motifs is 12. The molecule has 0 radical (unpaired) electrons. The Labute approximate surface area is 530 Å². The van der Waals surface area contributed by atoms with Crippen LogP contribution in [0, 0.1) is 29.1 Å². The first-order chi connectivity index (χ1) is 43.8. The summed E-state index contributed by atoms with van der Waals surface area (Å²) in [6.07, 6.45) is 14.8. The van der Waals surface area contributed by atoms with Gasteiger partial charge in [0.2, 0.25) is 0 Å². The van der Waals surface area contributed by atoms with Crippen LogP contribution in [-0.4, -0.2) is 126 Å². The lowest BCUT2D eigenvalue weighted by atomic mass is 9.62. The van der Waals surface area contributed by atoms with E-state index in [1.165, 1.54) is 42.4 Å². The number of hydrogen-bond acceptors (Lipinski definition) is 14. The maximum Gasteiger partial charge on any atom is 0.161 e. The average Bonchev–Trinajstić information content (AvgIpc) is 0.774. The molecule has 10 N–H and O–H groups in total. The van der Waals surface area contributed by atoms with Crippen LogP contribution in [0.3, 0.4) is 0 Å². The molecule has 3 aliphatic heterocycles. The molecule has 2 saturated carbocycles. The van der Waals surface area contributed by atoms with Crippen molar-refractivity contribution in [2.75, 3.05) is 60.0 Å². The van der Waals surface area contributed by atoms with Crippen LogP contribution >= 0.6 is 0 Å². The molecule has 11 atom stereocenters. The number of aromatic nitrogens is 1. The highest BCUT2D eigenvalue weighted by molar-refractivity contribution is 5.90. The molecule has 478 valence electrons. The summed E-state index contributed by atoms with van der Waals surface area (Å²) in [4.78, 5) is 3.43. The van der Waals surface area contributed by atoms with E-state index >= 15 is 0 Å². The van der Waals surface area contributed by atoms with Gasteiger partial charge < -0.3 is 64.8 Å². The Bertz CT molecular complexity index is 3630. The van der Waals surface area contributed by atoms with Crippen LogP contribution in [0.5, 0.6) is 28.7 Å². The van der Waals surface area contributed by atoms with Gasteiger partial charge in [-0.3, -0.25) is 10.6 Å². The van der Waals surface area contributed by atoms with E-state index in [-0.39, 0.29) is 79.5 Å². The molecule has 4 heterocycles. The molecule has 15 nitrogen and oxygen atoms in total. The number of methoxy groups -OCH3 is 1. The predicted octanol–water partition coefficient (Wildman–Crippen LogP) is 10.8. The Morgan fingerprint density at radius 3 is 2.49 bits per heavy atom. The van der Waals surface area contributed by atoms with E-state index in [1.807, 2.05) is 38.4 Å². The molecular weight excluding hydrogens is 1130 g/mol. The van der Waals surface area contributed by atoms with Gasteiger partial charge in [-0.05, 0) is 194 Å². The topological polar surface area (TPSA) is 211 Å². The van der Waals surface area contributed by atoms with E-state index in [2.05, 4.69) is 119 Å². The van der Waals surface area contributed by atoms with Crippen LogP contribution in [0.15, 0.2) is 96.7 Å². The van der Waals surface area contributed by atoms with Crippen molar-refractivity contribution in [2.45, 2.75) is 171 Å². The quantitative estimate of drug-likeness (QED) is 0.0174. The molecule has 5 aromatic carbocycles. The van der Waals surface area contributed by atoms with Crippen LogP contribution in [0.4, 0.5) is 0 Å². The van der Waals surface area contributed by atoms with Crippen molar-refractivity contribution < 1.29 is 49.2 Å². The van der Waals surface area contributed by atoms with E-state index in [9.17, 15) is 25.5 Å². The summed E-state index contributed by atoms with van der Waals surface area (Å²) in [5, 5.41) is 73.5. The molecule has 2 fully saturated rings. The van der Waals surface area contributed by atoms with Gasteiger partial charge in [0.25, 0.3) is 0 Å². The van der Waals surface area contributed by atoms with Gasteiger partial charge in [-0.25, -0.2) is 0 Å². The zero-order valence-corrected chi connectivity index (χ0v) is 53.0. The van der Waals surface area contributed by atoms with Crippen molar-refractivity contribution in [3.63, 3.8) is 0 Å². The Morgan fingerprint density at radius 2 is 1.67 bits per heavy atom. The molecule has 2 bridgehead atoms. The van der Waals surface area contributed by atoms with Gasteiger partial charge in [-0.15, -0.1) is 0 Å². The maximum absolute atomic E-state index is 12.2. The molecule has 6 aromatic rings. The summed E-state index contributed by atoms with van der Waals surface area (Å²) < 4.78 is 35.2. The number of aliphatic hydroxyl groups is 3. The number of hydrogen-bond donors (Lipinski definition) is 10. The lowest BCUT2D eigenvalue weighted by molar-refractivity contribution is -0.145. The van der Waals surface area contributed by atoms with Crippen LogP contribution in [-0.2, 0) is 35.2 Å². The molecule has 0 amide bonds. The Morgan fingerprint density at radius 1 is 0.844 bits per heavy atom. The Kier molecular flexibility index (Phi) is 18.5. The molecule has 0 saturated heterocycles. The number of benzene rings is 5. The fourth-order valence-corrected chi connectivity index (χ4v) is 17.1. The molecule has 4 aliphatic carbocycles. The fourth-order valence-electron chi connectivity index (χ4n) is 17.1. The summed E-state index contributed by atoms with van der Waals surface area (Å²) >= 11 is 0. The second-order valence-corrected chi connectivity index (χ2v) is 27.8. The van der Waals surface area contributed by atoms with Crippen molar-refractivity contribution in [3.8, 4) is 51.7 Å². The molecule has 1 spiro atoms. The first-order valence-electron chi connectivity index (χ1n) is 33.4. The summed E-state index contributed by atoms with van der Waals surface area (Å²) in [6, 6.07) is 28.3. The third-order valence-corrected chi connectivity index (χ3v) is 21.1. The van der Waals surface area contributed by atoms with Gasteiger partial charge in [-0.2, -0.15) is 0 Å². The number of aryl methyl sites for hydroxylation is 1. The Balaban J connectivity index is 0.969. The first kappa shape index (κ1) is 62.4. The maximum atomic E-state index is 12.2. The highest BCUT2D eigenvalue weighted by atomic mass is 16.6. The van der Waals surface area contributed by atoms with E-state index in [0.717, 1.165) is 95.1 Å². The van der Waals surface area contributed by atoms with Gasteiger partial charge in [0.15, 0.2) is 17.6 Å².